The van der Waals surface area contributed by atoms with Crippen molar-refractivity contribution in [2.24, 2.45) is 0 Å². The molecule has 1 aromatic heterocycles. The monoisotopic (exact) mass is 383 g/mol. The molecule has 0 fully saturated rings. The number of benzene rings is 2. The van der Waals surface area contributed by atoms with Gasteiger partial charge in [0, 0.05) is 5.39 Å². The minimum atomic E-state index is -0.637. The second kappa shape index (κ2) is 8.94. The van der Waals surface area contributed by atoms with E-state index >= 15 is 0 Å². The van der Waals surface area contributed by atoms with Crippen LogP contribution in [0.4, 0.5) is 0 Å². The maximum atomic E-state index is 12.0. The molecular weight excluding hydrogens is 362 g/mol. The van der Waals surface area contributed by atoms with Crippen LogP contribution in [0.1, 0.15) is 18.7 Å². The molecule has 0 aliphatic heterocycles. The molecule has 0 radical (unpaired) electrons. The molecule has 0 saturated heterocycles. The molecular formula is C21H21NO6. The molecule has 3 rings (SSSR count). The molecule has 146 valence electrons. The minimum Gasteiger partial charge on any atom is -0.497 e. The molecule has 0 aliphatic carbocycles. The average Bonchev–Trinajstić information content (AvgIpc) is 3.15. The second-order valence-electron chi connectivity index (χ2n) is 6.10. The van der Waals surface area contributed by atoms with Gasteiger partial charge in [0.1, 0.15) is 22.8 Å². The number of rotatable bonds is 8. The smallest absolute Gasteiger partial charge is 0.344 e. The Morgan fingerprint density at radius 3 is 2.46 bits per heavy atom. The lowest BCUT2D eigenvalue weighted by Gasteiger charge is -2.12. The molecule has 0 unspecified atom stereocenters. The molecule has 1 atom stereocenters. The summed E-state index contributed by atoms with van der Waals surface area (Å²) < 4.78 is 21.0. The summed E-state index contributed by atoms with van der Waals surface area (Å²) in [6.45, 7) is 1.11. The Morgan fingerprint density at radius 1 is 1.04 bits per heavy atom. The first-order chi connectivity index (χ1) is 13.5. The first kappa shape index (κ1) is 19.3. The van der Waals surface area contributed by atoms with Crippen LogP contribution in [0, 0.1) is 0 Å². The van der Waals surface area contributed by atoms with Gasteiger partial charge in [-0.25, -0.2) is 4.79 Å². The van der Waals surface area contributed by atoms with Crippen molar-refractivity contribution in [2.45, 2.75) is 13.0 Å². The standard InChI is InChI=1S/C21H21NO6/c1-14(19-11-15-5-3-4-6-18(15)28-19)22-20(23)12-27-21(24)13-26-17-9-7-16(25-2)8-10-17/h3-11,14H,12-13H2,1-2H3,(H,22,23)/t14-/m1/s1. The van der Waals surface area contributed by atoms with E-state index in [4.69, 9.17) is 18.6 Å². The lowest BCUT2D eigenvalue weighted by atomic mass is 10.2. The Morgan fingerprint density at radius 2 is 1.75 bits per heavy atom. The quantitative estimate of drug-likeness (QED) is 0.601. The predicted molar refractivity (Wildman–Crippen MR) is 102 cm³/mol. The van der Waals surface area contributed by atoms with Gasteiger partial charge in [-0.1, -0.05) is 18.2 Å². The Bertz CT molecular complexity index is 914. The summed E-state index contributed by atoms with van der Waals surface area (Å²) >= 11 is 0. The van der Waals surface area contributed by atoms with Gasteiger partial charge in [0.15, 0.2) is 13.2 Å². The molecule has 2 aromatic carbocycles. The molecule has 0 spiro atoms. The van der Waals surface area contributed by atoms with Crippen LogP contribution in [0.5, 0.6) is 11.5 Å². The molecule has 1 heterocycles. The molecule has 0 bridgehead atoms. The zero-order valence-corrected chi connectivity index (χ0v) is 15.6. The first-order valence-corrected chi connectivity index (χ1v) is 8.75. The third kappa shape index (κ3) is 5.03. The van der Waals surface area contributed by atoms with E-state index < -0.39 is 18.5 Å². The molecule has 3 aromatic rings. The van der Waals surface area contributed by atoms with Gasteiger partial charge in [-0.2, -0.15) is 0 Å². The lowest BCUT2D eigenvalue weighted by molar-refractivity contribution is -0.150. The number of hydrogen-bond donors (Lipinski definition) is 1. The van der Waals surface area contributed by atoms with Crippen molar-refractivity contribution in [3.63, 3.8) is 0 Å². The highest BCUT2D eigenvalue weighted by Gasteiger charge is 2.15. The van der Waals surface area contributed by atoms with Crippen molar-refractivity contribution in [1.82, 2.24) is 5.32 Å². The van der Waals surface area contributed by atoms with Crippen LogP contribution in [0.2, 0.25) is 0 Å². The number of amides is 1. The summed E-state index contributed by atoms with van der Waals surface area (Å²) in [5.41, 5.74) is 0.751. The van der Waals surface area contributed by atoms with E-state index in [2.05, 4.69) is 5.32 Å². The van der Waals surface area contributed by atoms with Crippen molar-refractivity contribution < 1.29 is 28.2 Å². The van der Waals surface area contributed by atoms with E-state index in [0.29, 0.717) is 17.3 Å². The van der Waals surface area contributed by atoms with Crippen molar-refractivity contribution in [3.05, 3.63) is 60.4 Å². The SMILES string of the molecule is COc1ccc(OCC(=O)OCC(=O)N[C@H](C)c2cc3ccccc3o2)cc1. The van der Waals surface area contributed by atoms with Crippen LogP contribution in [0.25, 0.3) is 11.0 Å². The van der Waals surface area contributed by atoms with Crippen LogP contribution >= 0.6 is 0 Å². The fourth-order valence-electron chi connectivity index (χ4n) is 2.57. The topological polar surface area (TPSA) is 87.0 Å². The van der Waals surface area contributed by atoms with Crippen LogP contribution in [-0.4, -0.2) is 32.2 Å². The van der Waals surface area contributed by atoms with Crippen LogP contribution in [0.3, 0.4) is 0 Å². The number of methoxy groups -OCH3 is 1. The molecule has 7 heteroatoms. The molecule has 1 N–H and O–H groups in total. The highest BCUT2D eigenvalue weighted by molar-refractivity contribution is 5.82. The highest BCUT2D eigenvalue weighted by atomic mass is 16.6. The number of carbonyl (C=O) groups excluding carboxylic acids is 2. The van der Waals surface area contributed by atoms with Crippen molar-refractivity contribution in [2.75, 3.05) is 20.3 Å². The summed E-state index contributed by atoms with van der Waals surface area (Å²) in [6.07, 6.45) is 0. The maximum Gasteiger partial charge on any atom is 0.344 e. The van der Waals surface area contributed by atoms with Crippen LogP contribution in [-0.2, 0) is 14.3 Å². The van der Waals surface area contributed by atoms with Gasteiger partial charge in [0.05, 0.1) is 13.2 Å². The fraction of sp³-hybridized carbons (Fsp3) is 0.238. The van der Waals surface area contributed by atoms with E-state index in [0.717, 1.165) is 11.0 Å². The maximum absolute atomic E-state index is 12.0. The summed E-state index contributed by atoms with van der Waals surface area (Å²) in [6, 6.07) is 15.9. The number of para-hydroxylation sites is 1. The van der Waals surface area contributed by atoms with Gasteiger partial charge < -0.3 is 23.9 Å². The number of ether oxygens (including phenoxy) is 3. The van der Waals surface area contributed by atoms with Gasteiger partial charge in [-0.05, 0) is 43.3 Å². The van der Waals surface area contributed by atoms with Gasteiger partial charge in [-0.3, -0.25) is 4.79 Å². The van der Waals surface area contributed by atoms with E-state index in [1.807, 2.05) is 30.3 Å². The zero-order chi connectivity index (χ0) is 19.9. The number of esters is 1. The van der Waals surface area contributed by atoms with Gasteiger partial charge >= 0.3 is 5.97 Å². The Labute approximate surface area is 162 Å². The Balaban J connectivity index is 1.42. The van der Waals surface area contributed by atoms with Crippen molar-refractivity contribution >= 4 is 22.8 Å². The van der Waals surface area contributed by atoms with Gasteiger partial charge in [-0.15, -0.1) is 0 Å². The lowest BCUT2D eigenvalue weighted by Crippen LogP contribution is -2.31. The number of carbonyl (C=O) groups is 2. The molecule has 0 saturated carbocycles. The number of nitrogens with one attached hydrogen (secondary N) is 1. The van der Waals surface area contributed by atoms with Gasteiger partial charge in [0.2, 0.25) is 0 Å². The first-order valence-electron chi connectivity index (χ1n) is 8.75. The summed E-state index contributed by atoms with van der Waals surface area (Å²) in [5.74, 6) is 0.753. The minimum absolute atomic E-state index is 0.293. The van der Waals surface area contributed by atoms with E-state index in [1.165, 1.54) is 0 Å². The summed E-state index contributed by atoms with van der Waals surface area (Å²) in [7, 11) is 1.56. The third-order valence-electron chi connectivity index (χ3n) is 4.03. The number of hydrogen-bond acceptors (Lipinski definition) is 6. The highest BCUT2D eigenvalue weighted by Crippen LogP contribution is 2.23. The van der Waals surface area contributed by atoms with E-state index in [9.17, 15) is 9.59 Å². The zero-order valence-electron chi connectivity index (χ0n) is 15.6. The average molecular weight is 383 g/mol. The molecule has 0 aliphatic rings. The number of fused-ring (bicyclic) bond motifs is 1. The molecule has 28 heavy (non-hydrogen) atoms. The predicted octanol–water partition coefficient (Wildman–Crippen LogP) is 3.24. The van der Waals surface area contributed by atoms with Crippen LogP contribution in [0.15, 0.2) is 59.0 Å². The van der Waals surface area contributed by atoms with Crippen molar-refractivity contribution in [3.8, 4) is 11.5 Å². The largest absolute Gasteiger partial charge is 0.497 e. The normalized spacial score (nSPS) is 11.6. The van der Waals surface area contributed by atoms with Gasteiger partial charge in [0.25, 0.3) is 5.91 Å². The summed E-state index contributed by atoms with van der Waals surface area (Å²) in [4.78, 5) is 23.8. The third-order valence-corrected chi connectivity index (χ3v) is 4.03. The molecule has 7 nitrogen and oxygen atoms in total. The summed E-state index contributed by atoms with van der Waals surface area (Å²) in [5, 5.41) is 3.69. The molecule has 1 amide bonds. The van der Waals surface area contributed by atoms with E-state index in [-0.39, 0.29) is 12.6 Å². The Kier molecular flexibility index (Phi) is 6.16. The Hall–Kier alpha value is -3.48. The van der Waals surface area contributed by atoms with E-state index in [1.54, 1.807) is 38.3 Å². The fourth-order valence-corrected chi connectivity index (χ4v) is 2.57. The number of furan rings is 1. The second-order valence-corrected chi connectivity index (χ2v) is 6.10. The van der Waals surface area contributed by atoms with Crippen molar-refractivity contribution in [1.29, 1.82) is 0 Å². The van der Waals surface area contributed by atoms with Crippen LogP contribution < -0.4 is 14.8 Å².